The van der Waals surface area contributed by atoms with Gasteiger partial charge in [0.2, 0.25) is 15.9 Å². The van der Waals surface area contributed by atoms with Crippen LogP contribution in [0.3, 0.4) is 0 Å². The first-order valence-corrected chi connectivity index (χ1v) is 9.93. The molecule has 24 heavy (non-hydrogen) atoms. The number of piperidine rings is 1. The van der Waals surface area contributed by atoms with Crippen molar-refractivity contribution >= 4 is 39.1 Å². The molecule has 1 aliphatic rings. The van der Waals surface area contributed by atoms with E-state index >= 15 is 0 Å². The van der Waals surface area contributed by atoms with Gasteiger partial charge >= 0.3 is 0 Å². The first-order chi connectivity index (χ1) is 11.3. The number of amides is 2. The smallest absolute Gasteiger partial charge is 0.251 e. The van der Waals surface area contributed by atoms with Crippen molar-refractivity contribution in [3.63, 3.8) is 0 Å². The molecule has 0 aromatic heterocycles. The van der Waals surface area contributed by atoms with E-state index in [2.05, 4.69) is 10.0 Å². The molecule has 0 atom stereocenters. The largest absolute Gasteiger partial charge is 0.349 e. The van der Waals surface area contributed by atoms with E-state index in [1.807, 2.05) is 0 Å². The van der Waals surface area contributed by atoms with Gasteiger partial charge in [-0.1, -0.05) is 0 Å². The Kier molecular flexibility index (Phi) is 6.06. The summed E-state index contributed by atoms with van der Waals surface area (Å²) in [6.07, 6.45) is 2.43. The van der Waals surface area contributed by atoms with E-state index in [0.717, 1.165) is 6.26 Å². The molecule has 0 radical (unpaired) electrons. The fourth-order valence-corrected chi connectivity index (χ4v) is 3.26. The number of hydrogen-bond donors (Lipinski definition) is 2. The number of halogens is 1. The second-order valence-electron chi connectivity index (χ2n) is 5.71. The summed E-state index contributed by atoms with van der Waals surface area (Å²) in [5, 5.41) is 2.93. The van der Waals surface area contributed by atoms with Crippen LogP contribution >= 0.6 is 11.6 Å². The molecule has 0 aliphatic carbocycles. The lowest BCUT2D eigenvalue weighted by Crippen LogP contribution is -2.46. The van der Waals surface area contributed by atoms with Gasteiger partial charge in [0.05, 0.1) is 6.26 Å². The summed E-state index contributed by atoms with van der Waals surface area (Å²) >= 11 is 5.54. The molecule has 2 rings (SSSR count). The first kappa shape index (κ1) is 18.5. The number of rotatable bonds is 5. The maximum Gasteiger partial charge on any atom is 0.251 e. The average molecular weight is 374 g/mol. The molecule has 132 valence electrons. The van der Waals surface area contributed by atoms with Crippen LogP contribution in [-0.4, -0.2) is 56.4 Å². The molecule has 1 saturated heterocycles. The Balaban J connectivity index is 1.88. The third kappa shape index (κ3) is 5.38. The van der Waals surface area contributed by atoms with Gasteiger partial charge in [-0.05, 0) is 37.1 Å². The van der Waals surface area contributed by atoms with Gasteiger partial charge in [-0.15, -0.1) is 11.6 Å². The van der Waals surface area contributed by atoms with Crippen LogP contribution in [0.4, 0.5) is 5.69 Å². The van der Waals surface area contributed by atoms with Crippen LogP contribution in [0.15, 0.2) is 24.3 Å². The summed E-state index contributed by atoms with van der Waals surface area (Å²) < 4.78 is 24.6. The van der Waals surface area contributed by atoms with Crippen molar-refractivity contribution in [1.82, 2.24) is 10.2 Å². The molecule has 1 aromatic rings. The summed E-state index contributed by atoms with van der Waals surface area (Å²) in [4.78, 5) is 25.4. The lowest BCUT2D eigenvalue weighted by atomic mass is 10.0. The van der Waals surface area contributed by atoms with Crippen LogP contribution in [0.25, 0.3) is 0 Å². The van der Waals surface area contributed by atoms with Crippen molar-refractivity contribution in [3.05, 3.63) is 29.8 Å². The Morgan fingerprint density at radius 2 is 1.79 bits per heavy atom. The average Bonchev–Trinajstić information content (AvgIpc) is 2.54. The molecule has 0 saturated carbocycles. The molecule has 2 amide bonds. The summed E-state index contributed by atoms with van der Waals surface area (Å²) in [5.41, 5.74) is 0.857. The topological polar surface area (TPSA) is 95.6 Å². The van der Waals surface area contributed by atoms with Gasteiger partial charge in [0.15, 0.2) is 0 Å². The standard InChI is InChI=1S/C15H20ClN3O4S/c1-24(22,23)18-13-4-2-11(3-5-13)15(21)17-12-6-8-19(9-7-12)14(20)10-16/h2-5,12,18H,6-10H2,1H3,(H,17,21). The highest BCUT2D eigenvalue weighted by atomic mass is 35.5. The van der Waals surface area contributed by atoms with Crippen LogP contribution in [-0.2, 0) is 14.8 Å². The van der Waals surface area contributed by atoms with Crippen LogP contribution in [0, 0.1) is 0 Å². The molecule has 2 N–H and O–H groups in total. The Labute approximate surface area is 146 Å². The molecule has 0 unspecified atom stereocenters. The van der Waals surface area contributed by atoms with E-state index in [0.29, 0.717) is 37.2 Å². The van der Waals surface area contributed by atoms with Gasteiger partial charge in [0.1, 0.15) is 5.88 Å². The quantitative estimate of drug-likeness (QED) is 0.753. The van der Waals surface area contributed by atoms with Gasteiger partial charge in [-0.25, -0.2) is 8.42 Å². The van der Waals surface area contributed by atoms with Gasteiger partial charge in [0, 0.05) is 30.4 Å². The lowest BCUT2D eigenvalue weighted by Gasteiger charge is -2.32. The summed E-state index contributed by atoms with van der Waals surface area (Å²) in [6, 6.07) is 6.21. The van der Waals surface area contributed by atoms with Crippen molar-refractivity contribution in [2.24, 2.45) is 0 Å². The molecule has 9 heteroatoms. The third-order valence-electron chi connectivity index (χ3n) is 3.75. The Bertz CT molecular complexity index is 698. The Morgan fingerprint density at radius 3 is 2.29 bits per heavy atom. The summed E-state index contributed by atoms with van der Waals surface area (Å²) in [6.45, 7) is 1.15. The van der Waals surface area contributed by atoms with Crippen LogP contribution in [0.5, 0.6) is 0 Å². The maximum atomic E-state index is 12.2. The van der Waals surface area contributed by atoms with Crippen molar-refractivity contribution in [3.8, 4) is 0 Å². The molecule has 0 spiro atoms. The highest BCUT2D eigenvalue weighted by Crippen LogP contribution is 2.14. The highest BCUT2D eigenvalue weighted by molar-refractivity contribution is 7.92. The number of nitrogens with zero attached hydrogens (tertiary/aromatic N) is 1. The van der Waals surface area contributed by atoms with Crippen molar-refractivity contribution in [2.75, 3.05) is 29.9 Å². The second kappa shape index (κ2) is 7.85. The molecule has 0 bridgehead atoms. The van der Waals surface area contributed by atoms with Gasteiger partial charge < -0.3 is 10.2 Å². The normalized spacial score (nSPS) is 15.8. The minimum atomic E-state index is -3.34. The Hall–Kier alpha value is -1.80. The minimum Gasteiger partial charge on any atom is -0.349 e. The molecule has 1 fully saturated rings. The summed E-state index contributed by atoms with van der Waals surface area (Å²) in [5.74, 6) is -0.330. The number of carbonyl (C=O) groups excluding carboxylic acids is 2. The van der Waals surface area contributed by atoms with Crippen molar-refractivity contribution in [2.45, 2.75) is 18.9 Å². The number of likely N-dealkylation sites (tertiary alicyclic amines) is 1. The van der Waals surface area contributed by atoms with E-state index in [-0.39, 0.29) is 23.7 Å². The van der Waals surface area contributed by atoms with E-state index in [1.165, 1.54) is 12.1 Å². The summed E-state index contributed by atoms with van der Waals surface area (Å²) in [7, 11) is -3.34. The third-order valence-corrected chi connectivity index (χ3v) is 4.58. The molecular formula is C15H20ClN3O4S. The van der Waals surface area contributed by atoms with E-state index in [4.69, 9.17) is 11.6 Å². The molecule has 7 nitrogen and oxygen atoms in total. The number of anilines is 1. The Morgan fingerprint density at radius 1 is 1.21 bits per heavy atom. The molecule has 1 heterocycles. The van der Waals surface area contributed by atoms with Crippen LogP contribution < -0.4 is 10.0 Å². The van der Waals surface area contributed by atoms with Crippen LogP contribution in [0.1, 0.15) is 23.2 Å². The zero-order valence-corrected chi connectivity index (χ0v) is 14.9. The first-order valence-electron chi connectivity index (χ1n) is 7.51. The number of nitrogens with one attached hydrogen (secondary N) is 2. The zero-order chi connectivity index (χ0) is 17.7. The van der Waals surface area contributed by atoms with E-state index < -0.39 is 10.0 Å². The number of carbonyl (C=O) groups is 2. The zero-order valence-electron chi connectivity index (χ0n) is 13.3. The maximum absolute atomic E-state index is 12.2. The molecule has 1 aromatic carbocycles. The number of benzene rings is 1. The monoisotopic (exact) mass is 373 g/mol. The predicted octanol–water partition coefficient (Wildman–Crippen LogP) is 1.02. The van der Waals surface area contributed by atoms with E-state index in [1.54, 1.807) is 17.0 Å². The van der Waals surface area contributed by atoms with Gasteiger partial charge in [-0.3, -0.25) is 14.3 Å². The molecular weight excluding hydrogens is 354 g/mol. The fourth-order valence-electron chi connectivity index (χ4n) is 2.53. The number of sulfonamides is 1. The molecule has 1 aliphatic heterocycles. The fraction of sp³-hybridized carbons (Fsp3) is 0.467. The number of alkyl halides is 1. The van der Waals surface area contributed by atoms with Crippen molar-refractivity contribution < 1.29 is 18.0 Å². The number of hydrogen-bond acceptors (Lipinski definition) is 4. The van der Waals surface area contributed by atoms with Crippen molar-refractivity contribution in [1.29, 1.82) is 0 Å². The minimum absolute atomic E-state index is 0.00527. The van der Waals surface area contributed by atoms with Gasteiger partial charge in [0.25, 0.3) is 5.91 Å². The second-order valence-corrected chi connectivity index (χ2v) is 7.73. The highest BCUT2D eigenvalue weighted by Gasteiger charge is 2.23. The van der Waals surface area contributed by atoms with Crippen LogP contribution in [0.2, 0.25) is 0 Å². The predicted molar refractivity (Wildman–Crippen MR) is 92.7 cm³/mol. The SMILES string of the molecule is CS(=O)(=O)Nc1ccc(C(=O)NC2CCN(C(=O)CCl)CC2)cc1. The lowest BCUT2D eigenvalue weighted by molar-refractivity contribution is -0.129. The van der Waals surface area contributed by atoms with Gasteiger partial charge in [-0.2, -0.15) is 0 Å². The van der Waals surface area contributed by atoms with E-state index in [9.17, 15) is 18.0 Å².